The summed E-state index contributed by atoms with van der Waals surface area (Å²) in [5.41, 5.74) is 1.77. The van der Waals surface area contributed by atoms with Gasteiger partial charge in [0.1, 0.15) is 5.69 Å². The maximum absolute atomic E-state index is 12.3. The highest BCUT2D eigenvalue weighted by molar-refractivity contribution is 6.01. The van der Waals surface area contributed by atoms with Gasteiger partial charge in [-0.25, -0.2) is 4.79 Å². The minimum absolute atomic E-state index is 0.0396. The number of esters is 1. The van der Waals surface area contributed by atoms with E-state index in [2.05, 4.69) is 10.3 Å². The molecule has 0 atom stereocenters. The Bertz CT molecular complexity index is 643. The molecule has 1 aromatic heterocycles. The summed E-state index contributed by atoms with van der Waals surface area (Å²) in [6.07, 6.45) is 1.79. The van der Waals surface area contributed by atoms with Crippen LogP contribution < -0.4 is 5.32 Å². The van der Waals surface area contributed by atoms with Crippen LogP contribution in [0.25, 0.3) is 0 Å². The van der Waals surface area contributed by atoms with Crippen molar-refractivity contribution in [2.45, 2.75) is 46.6 Å². The number of hydrogen-bond donors (Lipinski definition) is 2. The first-order chi connectivity index (χ1) is 11.3. The number of aryl methyl sites for hydroxylation is 1. The number of likely N-dealkylation sites (tertiary alicyclic amines) is 1. The Morgan fingerprint density at radius 3 is 2.42 bits per heavy atom. The van der Waals surface area contributed by atoms with Gasteiger partial charge in [-0.3, -0.25) is 9.59 Å². The molecule has 2 rings (SSSR count). The summed E-state index contributed by atoms with van der Waals surface area (Å²) in [7, 11) is 0. The van der Waals surface area contributed by atoms with Crippen molar-refractivity contribution in [3.05, 3.63) is 22.5 Å². The molecule has 1 aliphatic heterocycles. The van der Waals surface area contributed by atoms with Crippen molar-refractivity contribution in [2.75, 3.05) is 19.6 Å². The molecule has 2 amide bonds. The maximum Gasteiger partial charge on any atom is 0.340 e. The highest BCUT2D eigenvalue weighted by Gasteiger charge is 2.24. The lowest BCUT2D eigenvalue weighted by atomic mass is 10.1. The van der Waals surface area contributed by atoms with Gasteiger partial charge in [-0.15, -0.1) is 0 Å². The third kappa shape index (κ3) is 3.96. The molecule has 24 heavy (non-hydrogen) atoms. The maximum atomic E-state index is 12.3. The fraction of sp³-hybridized carbons (Fsp3) is 0.588. The number of hydrogen-bond acceptors (Lipinski definition) is 4. The van der Waals surface area contributed by atoms with E-state index >= 15 is 0 Å². The van der Waals surface area contributed by atoms with Crippen LogP contribution in [-0.4, -0.2) is 53.4 Å². The van der Waals surface area contributed by atoms with Crippen molar-refractivity contribution in [2.24, 2.45) is 0 Å². The van der Waals surface area contributed by atoms with E-state index in [-0.39, 0.29) is 24.2 Å². The van der Waals surface area contributed by atoms with E-state index in [1.807, 2.05) is 0 Å². The Balaban J connectivity index is 2.04. The first-order valence-corrected chi connectivity index (χ1v) is 8.27. The van der Waals surface area contributed by atoms with Gasteiger partial charge in [-0.05, 0) is 46.1 Å². The monoisotopic (exact) mass is 335 g/mol. The summed E-state index contributed by atoms with van der Waals surface area (Å²) >= 11 is 0. The van der Waals surface area contributed by atoms with Crippen LogP contribution in [0.1, 0.15) is 58.8 Å². The first kappa shape index (κ1) is 18.0. The molecule has 0 radical (unpaired) electrons. The number of rotatable bonds is 5. The topological polar surface area (TPSA) is 91.5 Å². The number of amides is 2. The second-order valence-corrected chi connectivity index (χ2v) is 6.35. The highest BCUT2D eigenvalue weighted by Crippen LogP contribution is 2.19. The van der Waals surface area contributed by atoms with Crippen molar-refractivity contribution in [3.8, 4) is 0 Å². The van der Waals surface area contributed by atoms with E-state index < -0.39 is 11.9 Å². The van der Waals surface area contributed by atoms with Crippen molar-refractivity contribution in [1.82, 2.24) is 15.2 Å². The van der Waals surface area contributed by atoms with Gasteiger partial charge in [0.05, 0.1) is 18.2 Å². The van der Waals surface area contributed by atoms with Crippen LogP contribution in [0.15, 0.2) is 0 Å². The zero-order valence-electron chi connectivity index (χ0n) is 14.7. The van der Waals surface area contributed by atoms with Crippen molar-refractivity contribution < 1.29 is 19.1 Å². The van der Waals surface area contributed by atoms with E-state index in [1.165, 1.54) is 0 Å². The zero-order chi connectivity index (χ0) is 17.9. The summed E-state index contributed by atoms with van der Waals surface area (Å²) in [5.74, 6) is -0.934. The fourth-order valence-electron chi connectivity index (χ4n) is 2.88. The van der Waals surface area contributed by atoms with E-state index in [9.17, 15) is 14.4 Å². The summed E-state index contributed by atoms with van der Waals surface area (Å²) in [4.78, 5) is 41.1. The molecule has 1 aliphatic rings. The third-order valence-electron chi connectivity index (χ3n) is 4.07. The summed E-state index contributed by atoms with van der Waals surface area (Å²) in [5, 5.41) is 2.62. The van der Waals surface area contributed by atoms with E-state index in [1.54, 1.807) is 32.6 Å². The molecule has 1 saturated heterocycles. The van der Waals surface area contributed by atoms with Crippen molar-refractivity contribution >= 4 is 17.8 Å². The Kier molecular flexibility index (Phi) is 5.64. The Morgan fingerprint density at radius 1 is 1.21 bits per heavy atom. The van der Waals surface area contributed by atoms with Gasteiger partial charge < -0.3 is 19.9 Å². The highest BCUT2D eigenvalue weighted by atomic mass is 16.5. The quantitative estimate of drug-likeness (QED) is 0.799. The van der Waals surface area contributed by atoms with Crippen LogP contribution in [0.4, 0.5) is 0 Å². The number of aromatic nitrogens is 1. The van der Waals surface area contributed by atoms with Crippen molar-refractivity contribution in [1.29, 1.82) is 0 Å². The Morgan fingerprint density at radius 2 is 1.83 bits per heavy atom. The number of nitrogens with zero attached hydrogens (tertiary/aromatic N) is 1. The minimum atomic E-state index is -0.455. The van der Waals surface area contributed by atoms with Crippen LogP contribution in [0.3, 0.4) is 0 Å². The molecule has 0 saturated carbocycles. The van der Waals surface area contributed by atoms with Gasteiger partial charge in [-0.2, -0.15) is 0 Å². The molecule has 7 nitrogen and oxygen atoms in total. The lowest BCUT2D eigenvalue weighted by molar-refractivity contribution is -0.129. The molecule has 0 aliphatic carbocycles. The molecule has 0 aromatic carbocycles. The Hall–Kier alpha value is -2.31. The van der Waals surface area contributed by atoms with Gasteiger partial charge in [0, 0.05) is 18.8 Å². The molecule has 1 aromatic rings. The van der Waals surface area contributed by atoms with Crippen molar-refractivity contribution in [3.63, 3.8) is 0 Å². The molecule has 0 bridgehead atoms. The van der Waals surface area contributed by atoms with Gasteiger partial charge in [0.2, 0.25) is 5.91 Å². The second-order valence-electron chi connectivity index (χ2n) is 6.35. The average Bonchev–Trinajstić information content (AvgIpc) is 3.12. The van der Waals surface area contributed by atoms with Crippen LogP contribution in [0.5, 0.6) is 0 Å². The number of H-pyrrole nitrogens is 1. The predicted octanol–water partition coefficient (Wildman–Crippen LogP) is 1.55. The smallest absolute Gasteiger partial charge is 0.340 e. The molecule has 7 heteroatoms. The molecular formula is C17H25N3O4. The van der Waals surface area contributed by atoms with Crippen LogP contribution in [0.2, 0.25) is 0 Å². The van der Waals surface area contributed by atoms with Gasteiger partial charge in [0.25, 0.3) is 5.91 Å². The van der Waals surface area contributed by atoms with E-state index in [4.69, 9.17) is 4.74 Å². The second kappa shape index (κ2) is 7.51. The van der Waals surface area contributed by atoms with E-state index in [0.29, 0.717) is 16.8 Å². The van der Waals surface area contributed by atoms with Crippen LogP contribution >= 0.6 is 0 Å². The summed E-state index contributed by atoms with van der Waals surface area (Å²) in [6.45, 7) is 8.41. The molecule has 132 valence electrons. The molecule has 0 unspecified atom stereocenters. The van der Waals surface area contributed by atoms with Crippen LogP contribution in [0, 0.1) is 13.8 Å². The van der Waals surface area contributed by atoms with Gasteiger partial charge >= 0.3 is 5.97 Å². The number of nitrogens with one attached hydrogen (secondary N) is 2. The minimum Gasteiger partial charge on any atom is -0.459 e. The number of aromatic amines is 1. The zero-order valence-corrected chi connectivity index (χ0v) is 14.7. The first-order valence-electron chi connectivity index (χ1n) is 8.27. The molecule has 2 N–H and O–H groups in total. The average molecular weight is 335 g/mol. The van der Waals surface area contributed by atoms with Crippen LogP contribution in [-0.2, 0) is 9.53 Å². The molecule has 2 heterocycles. The van der Waals surface area contributed by atoms with Gasteiger partial charge in [0.15, 0.2) is 0 Å². The molecular weight excluding hydrogens is 310 g/mol. The van der Waals surface area contributed by atoms with E-state index in [0.717, 1.165) is 25.9 Å². The molecule has 1 fully saturated rings. The fourth-order valence-corrected chi connectivity index (χ4v) is 2.88. The lowest BCUT2D eigenvalue weighted by Gasteiger charge is -2.15. The number of carbonyl (C=O) groups excluding carboxylic acids is 3. The number of ether oxygens (including phenoxy) is 1. The normalized spacial score (nSPS) is 14.1. The third-order valence-corrected chi connectivity index (χ3v) is 4.07. The lowest BCUT2D eigenvalue weighted by Crippen LogP contribution is -2.38. The summed E-state index contributed by atoms with van der Waals surface area (Å²) in [6, 6.07) is 0. The largest absolute Gasteiger partial charge is 0.459 e. The molecule has 0 spiro atoms. The summed E-state index contributed by atoms with van der Waals surface area (Å²) < 4.78 is 5.21. The number of carbonyl (C=O) groups is 3. The standard InChI is InChI=1S/C17H25N3O4/c1-10(2)24-17(23)14-11(3)15(19-12(14)4)16(22)18-9-13(21)20-7-5-6-8-20/h10,19H,5-9H2,1-4H3,(H,18,22). The van der Waals surface area contributed by atoms with Gasteiger partial charge in [-0.1, -0.05) is 0 Å². The predicted molar refractivity (Wildman–Crippen MR) is 89.0 cm³/mol. The SMILES string of the molecule is Cc1[nH]c(C(=O)NCC(=O)N2CCCC2)c(C)c1C(=O)OC(C)C. The Labute approximate surface area is 141 Å².